The predicted octanol–water partition coefficient (Wildman–Crippen LogP) is 2.43. The molecule has 10 heteroatoms. The van der Waals surface area contributed by atoms with Crippen molar-refractivity contribution in [3.8, 4) is 5.69 Å². The smallest absolute Gasteiger partial charge is 0.338 e. The van der Waals surface area contributed by atoms with Crippen molar-refractivity contribution in [2.75, 3.05) is 12.4 Å². The fraction of sp³-hybridized carbons (Fsp3) is 0.150. The van der Waals surface area contributed by atoms with Gasteiger partial charge in [0.2, 0.25) is 0 Å². The average molecular weight is 410 g/mol. The number of non-ortho nitro benzene ring substituents is 1. The van der Waals surface area contributed by atoms with Crippen LogP contribution in [0.3, 0.4) is 0 Å². The summed E-state index contributed by atoms with van der Waals surface area (Å²) in [6.07, 6.45) is 0. The number of para-hydroxylation sites is 1. The van der Waals surface area contributed by atoms with Gasteiger partial charge < -0.3 is 10.1 Å². The van der Waals surface area contributed by atoms with Gasteiger partial charge in [-0.3, -0.25) is 24.4 Å². The molecule has 3 rings (SSSR count). The van der Waals surface area contributed by atoms with Crippen molar-refractivity contribution >= 4 is 23.3 Å². The molecular formula is C20H18N4O6. The minimum Gasteiger partial charge on any atom is -0.465 e. The van der Waals surface area contributed by atoms with Crippen LogP contribution in [0.2, 0.25) is 0 Å². The second-order valence-corrected chi connectivity index (χ2v) is 6.41. The van der Waals surface area contributed by atoms with E-state index in [-0.39, 0.29) is 16.8 Å². The SMILES string of the molecule is COC(=O)c1cc(C(=O)Nc2c(C)n(C)n(-c3ccccc3)c2=O)cc([N+](=O)[O-])c1. The Morgan fingerprint density at radius 3 is 2.33 bits per heavy atom. The first-order chi connectivity index (χ1) is 14.2. The largest absolute Gasteiger partial charge is 0.465 e. The van der Waals surface area contributed by atoms with Crippen LogP contribution in [0.25, 0.3) is 5.69 Å². The third kappa shape index (κ3) is 3.70. The molecule has 0 unspecified atom stereocenters. The molecule has 10 nitrogen and oxygen atoms in total. The Bertz CT molecular complexity index is 1210. The summed E-state index contributed by atoms with van der Waals surface area (Å²) in [4.78, 5) is 47.9. The van der Waals surface area contributed by atoms with Crippen molar-refractivity contribution in [3.63, 3.8) is 0 Å². The van der Waals surface area contributed by atoms with Crippen LogP contribution in [-0.2, 0) is 11.8 Å². The molecule has 1 N–H and O–H groups in total. The lowest BCUT2D eigenvalue weighted by atomic mass is 10.1. The summed E-state index contributed by atoms with van der Waals surface area (Å²) in [5.41, 5.74) is -0.102. The molecule has 0 spiro atoms. The van der Waals surface area contributed by atoms with Gasteiger partial charge in [-0.15, -0.1) is 0 Å². The Kier molecular flexibility index (Phi) is 5.50. The van der Waals surface area contributed by atoms with Crippen LogP contribution < -0.4 is 10.9 Å². The van der Waals surface area contributed by atoms with Crippen molar-refractivity contribution in [1.82, 2.24) is 9.36 Å². The molecule has 1 heterocycles. The Balaban J connectivity index is 2.03. The third-order valence-corrected chi connectivity index (χ3v) is 4.60. The summed E-state index contributed by atoms with van der Waals surface area (Å²) in [5, 5.41) is 13.7. The van der Waals surface area contributed by atoms with Gasteiger partial charge in [-0.05, 0) is 25.1 Å². The molecule has 0 saturated carbocycles. The molecule has 1 amide bonds. The number of nitrogens with one attached hydrogen (secondary N) is 1. The van der Waals surface area contributed by atoms with Gasteiger partial charge >= 0.3 is 5.97 Å². The number of benzene rings is 2. The van der Waals surface area contributed by atoms with Crippen LogP contribution >= 0.6 is 0 Å². The van der Waals surface area contributed by atoms with Crippen molar-refractivity contribution in [2.24, 2.45) is 7.05 Å². The molecule has 3 aromatic rings. The lowest BCUT2D eigenvalue weighted by molar-refractivity contribution is -0.384. The summed E-state index contributed by atoms with van der Waals surface area (Å²) in [6, 6.07) is 12.1. The topological polar surface area (TPSA) is 125 Å². The maximum Gasteiger partial charge on any atom is 0.338 e. The first-order valence-corrected chi connectivity index (χ1v) is 8.77. The quantitative estimate of drug-likeness (QED) is 0.391. The number of aromatic nitrogens is 2. The van der Waals surface area contributed by atoms with Gasteiger partial charge in [0.15, 0.2) is 0 Å². The zero-order valence-electron chi connectivity index (χ0n) is 16.4. The first-order valence-electron chi connectivity index (χ1n) is 8.77. The van der Waals surface area contributed by atoms with Crippen molar-refractivity contribution in [2.45, 2.75) is 6.92 Å². The van der Waals surface area contributed by atoms with Crippen molar-refractivity contribution < 1.29 is 19.2 Å². The molecule has 0 bridgehead atoms. The number of carbonyl (C=O) groups is 2. The van der Waals surface area contributed by atoms with E-state index in [1.165, 1.54) is 10.7 Å². The lowest BCUT2D eigenvalue weighted by Gasteiger charge is -2.07. The van der Waals surface area contributed by atoms with E-state index in [0.29, 0.717) is 11.4 Å². The fourth-order valence-corrected chi connectivity index (χ4v) is 2.98. The molecule has 0 aliphatic rings. The number of anilines is 1. The van der Waals surface area contributed by atoms with E-state index in [1.807, 2.05) is 6.07 Å². The molecule has 154 valence electrons. The summed E-state index contributed by atoms with van der Waals surface area (Å²) >= 11 is 0. The summed E-state index contributed by atoms with van der Waals surface area (Å²) < 4.78 is 7.55. The summed E-state index contributed by atoms with van der Waals surface area (Å²) in [7, 11) is 2.79. The van der Waals surface area contributed by atoms with Crippen molar-refractivity contribution in [3.05, 3.63) is 85.8 Å². The highest BCUT2D eigenvalue weighted by molar-refractivity contribution is 6.06. The van der Waals surface area contributed by atoms with Crippen LogP contribution in [0.5, 0.6) is 0 Å². The molecule has 0 aliphatic heterocycles. The van der Waals surface area contributed by atoms with E-state index in [4.69, 9.17) is 0 Å². The number of nitro benzene ring substituents is 1. The van der Waals surface area contributed by atoms with Gasteiger partial charge in [-0.2, -0.15) is 0 Å². The van der Waals surface area contributed by atoms with Gasteiger partial charge in [0, 0.05) is 24.7 Å². The van der Waals surface area contributed by atoms with E-state index in [2.05, 4.69) is 10.1 Å². The molecule has 0 radical (unpaired) electrons. The number of hydrogen-bond donors (Lipinski definition) is 1. The number of ether oxygens (including phenoxy) is 1. The molecule has 0 fully saturated rings. The highest BCUT2D eigenvalue weighted by Crippen LogP contribution is 2.20. The number of nitrogens with zero attached hydrogens (tertiary/aromatic N) is 3. The molecule has 2 aromatic carbocycles. The van der Waals surface area contributed by atoms with Crippen LogP contribution in [0, 0.1) is 17.0 Å². The fourth-order valence-electron chi connectivity index (χ4n) is 2.98. The Labute approximate surface area is 170 Å². The standard InChI is InChI=1S/C20H18N4O6/c1-12-17(19(26)23(22(12)2)15-7-5-4-6-8-15)21-18(25)13-9-14(20(27)30-3)11-16(10-13)24(28)29/h4-11H,1-3H3,(H,21,25). The van der Waals surface area contributed by atoms with E-state index in [9.17, 15) is 24.5 Å². The molecule has 0 saturated heterocycles. The maximum atomic E-state index is 12.9. The molecule has 1 aromatic heterocycles. The molecule has 30 heavy (non-hydrogen) atoms. The minimum absolute atomic E-state index is 0.0254. The number of esters is 1. The summed E-state index contributed by atoms with van der Waals surface area (Å²) in [5.74, 6) is -1.59. The van der Waals surface area contributed by atoms with E-state index in [1.54, 1.807) is 42.9 Å². The minimum atomic E-state index is -0.824. The second-order valence-electron chi connectivity index (χ2n) is 6.41. The average Bonchev–Trinajstić information content (AvgIpc) is 2.96. The Morgan fingerprint density at radius 2 is 1.73 bits per heavy atom. The number of rotatable bonds is 5. The Morgan fingerprint density at radius 1 is 1.10 bits per heavy atom. The number of carbonyl (C=O) groups excluding carboxylic acids is 2. The van der Waals surface area contributed by atoms with E-state index in [0.717, 1.165) is 19.2 Å². The molecule has 0 aliphatic carbocycles. The number of methoxy groups -OCH3 is 1. The normalized spacial score (nSPS) is 10.5. The van der Waals surface area contributed by atoms with Gasteiger partial charge in [-0.1, -0.05) is 18.2 Å². The highest BCUT2D eigenvalue weighted by atomic mass is 16.6. The van der Waals surface area contributed by atoms with Crippen LogP contribution in [-0.4, -0.2) is 33.3 Å². The van der Waals surface area contributed by atoms with Crippen molar-refractivity contribution in [1.29, 1.82) is 0 Å². The maximum absolute atomic E-state index is 12.9. The van der Waals surface area contributed by atoms with Crippen LogP contribution in [0.4, 0.5) is 11.4 Å². The van der Waals surface area contributed by atoms with Gasteiger partial charge in [-0.25, -0.2) is 9.48 Å². The predicted molar refractivity (Wildman–Crippen MR) is 108 cm³/mol. The third-order valence-electron chi connectivity index (χ3n) is 4.60. The number of nitro groups is 1. The van der Waals surface area contributed by atoms with E-state index < -0.39 is 28.0 Å². The van der Waals surface area contributed by atoms with Gasteiger partial charge in [0.05, 0.1) is 29.0 Å². The number of amides is 1. The second kappa shape index (κ2) is 8.03. The Hall–Kier alpha value is -4.21. The summed E-state index contributed by atoms with van der Waals surface area (Å²) in [6.45, 7) is 1.66. The van der Waals surface area contributed by atoms with Crippen LogP contribution in [0.15, 0.2) is 53.3 Å². The number of hydrogen-bond acceptors (Lipinski definition) is 6. The van der Waals surface area contributed by atoms with E-state index >= 15 is 0 Å². The van der Waals surface area contributed by atoms with Crippen LogP contribution in [0.1, 0.15) is 26.4 Å². The zero-order chi connectivity index (χ0) is 22.0. The lowest BCUT2D eigenvalue weighted by Crippen LogP contribution is -2.23. The van der Waals surface area contributed by atoms with Gasteiger partial charge in [0.1, 0.15) is 5.69 Å². The highest BCUT2D eigenvalue weighted by Gasteiger charge is 2.22. The monoisotopic (exact) mass is 410 g/mol. The zero-order valence-corrected chi connectivity index (χ0v) is 16.4. The molecular weight excluding hydrogens is 392 g/mol. The van der Waals surface area contributed by atoms with Gasteiger partial charge in [0.25, 0.3) is 17.2 Å². The molecule has 0 atom stereocenters. The first kappa shape index (κ1) is 20.5.